The number of carbonyl (C=O) groups excluding carboxylic acids is 1. The zero-order valence-corrected chi connectivity index (χ0v) is 7.43. The summed E-state index contributed by atoms with van der Waals surface area (Å²) in [6, 6.07) is 0. The molecule has 2 atom stereocenters. The molecule has 0 radical (unpaired) electrons. The van der Waals surface area contributed by atoms with E-state index in [2.05, 4.69) is 5.32 Å². The van der Waals surface area contributed by atoms with Crippen LogP contribution in [0.3, 0.4) is 0 Å². The lowest BCUT2D eigenvalue weighted by Gasteiger charge is -2.42. The van der Waals surface area contributed by atoms with Gasteiger partial charge in [-0.15, -0.1) is 0 Å². The van der Waals surface area contributed by atoms with Crippen molar-refractivity contribution in [3.8, 4) is 0 Å². The highest BCUT2D eigenvalue weighted by molar-refractivity contribution is 5.83. The second-order valence-corrected chi connectivity index (χ2v) is 3.64. The van der Waals surface area contributed by atoms with Crippen molar-refractivity contribution in [2.75, 3.05) is 13.2 Å². The maximum absolute atomic E-state index is 11.5. The van der Waals surface area contributed by atoms with Gasteiger partial charge in [0.1, 0.15) is 5.54 Å². The van der Waals surface area contributed by atoms with Crippen LogP contribution in [0.15, 0.2) is 0 Å². The quantitative estimate of drug-likeness (QED) is 0.618. The minimum atomic E-state index is -0.268. The zero-order valence-electron chi connectivity index (χ0n) is 7.43. The van der Waals surface area contributed by atoms with Gasteiger partial charge in [0.15, 0.2) is 0 Å². The Morgan fingerprint density at radius 2 is 2.50 bits per heavy atom. The molecule has 2 aliphatic rings. The SMILES string of the molecule is CCOC(=O)C12CCC1CCN2. The first-order chi connectivity index (χ1) is 5.79. The number of fused-ring (bicyclic) bond motifs is 1. The van der Waals surface area contributed by atoms with Gasteiger partial charge in [-0.2, -0.15) is 0 Å². The average Bonchev–Trinajstić information content (AvgIpc) is 2.29. The molecule has 1 aliphatic carbocycles. The van der Waals surface area contributed by atoms with Crippen molar-refractivity contribution in [1.82, 2.24) is 5.32 Å². The highest BCUT2D eigenvalue weighted by Crippen LogP contribution is 2.45. The van der Waals surface area contributed by atoms with Crippen molar-refractivity contribution in [3.05, 3.63) is 0 Å². The molecule has 3 heteroatoms. The third-order valence-electron chi connectivity index (χ3n) is 3.16. The molecule has 12 heavy (non-hydrogen) atoms. The van der Waals surface area contributed by atoms with Gasteiger partial charge >= 0.3 is 5.97 Å². The Morgan fingerprint density at radius 1 is 1.67 bits per heavy atom. The van der Waals surface area contributed by atoms with Crippen LogP contribution in [0.25, 0.3) is 0 Å². The number of esters is 1. The Morgan fingerprint density at radius 3 is 3.00 bits per heavy atom. The predicted molar refractivity (Wildman–Crippen MR) is 44.7 cm³/mol. The van der Waals surface area contributed by atoms with Crippen molar-refractivity contribution < 1.29 is 9.53 Å². The van der Waals surface area contributed by atoms with Gasteiger partial charge in [0.25, 0.3) is 0 Å². The molecule has 1 N–H and O–H groups in total. The minimum Gasteiger partial charge on any atom is -0.465 e. The monoisotopic (exact) mass is 169 g/mol. The lowest BCUT2D eigenvalue weighted by Crippen LogP contribution is -2.59. The van der Waals surface area contributed by atoms with Crippen molar-refractivity contribution in [2.45, 2.75) is 31.7 Å². The van der Waals surface area contributed by atoms with E-state index in [0.29, 0.717) is 12.5 Å². The summed E-state index contributed by atoms with van der Waals surface area (Å²) < 4.78 is 5.05. The number of hydrogen-bond acceptors (Lipinski definition) is 3. The van der Waals surface area contributed by atoms with Gasteiger partial charge in [0.05, 0.1) is 6.61 Å². The molecule has 2 fully saturated rings. The topological polar surface area (TPSA) is 38.3 Å². The van der Waals surface area contributed by atoms with E-state index in [4.69, 9.17) is 4.74 Å². The highest BCUT2D eigenvalue weighted by atomic mass is 16.5. The van der Waals surface area contributed by atoms with E-state index in [0.717, 1.165) is 19.4 Å². The first-order valence-electron chi connectivity index (χ1n) is 4.72. The van der Waals surface area contributed by atoms with Gasteiger partial charge in [-0.25, -0.2) is 0 Å². The van der Waals surface area contributed by atoms with E-state index in [1.807, 2.05) is 6.92 Å². The van der Waals surface area contributed by atoms with Crippen LogP contribution in [0.5, 0.6) is 0 Å². The van der Waals surface area contributed by atoms with E-state index in [1.54, 1.807) is 0 Å². The summed E-state index contributed by atoms with van der Waals surface area (Å²) in [4.78, 5) is 11.5. The Balaban J connectivity index is 2.05. The fraction of sp³-hybridized carbons (Fsp3) is 0.889. The highest BCUT2D eigenvalue weighted by Gasteiger charge is 2.56. The van der Waals surface area contributed by atoms with E-state index in [9.17, 15) is 4.79 Å². The molecule has 0 aromatic rings. The molecule has 2 unspecified atom stereocenters. The lowest BCUT2D eigenvalue weighted by atomic mass is 9.68. The molecule has 0 spiro atoms. The zero-order chi connectivity index (χ0) is 8.60. The third-order valence-corrected chi connectivity index (χ3v) is 3.16. The van der Waals surface area contributed by atoms with Crippen LogP contribution in [-0.2, 0) is 9.53 Å². The van der Waals surface area contributed by atoms with Crippen molar-refractivity contribution in [1.29, 1.82) is 0 Å². The Bertz CT molecular complexity index is 205. The summed E-state index contributed by atoms with van der Waals surface area (Å²) in [6.07, 6.45) is 3.29. The second kappa shape index (κ2) is 2.73. The van der Waals surface area contributed by atoms with Crippen LogP contribution in [0, 0.1) is 5.92 Å². The molecule has 0 amide bonds. The van der Waals surface area contributed by atoms with E-state index in [1.165, 1.54) is 6.42 Å². The summed E-state index contributed by atoms with van der Waals surface area (Å²) >= 11 is 0. The molecule has 2 rings (SSSR count). The van der Waals surface area contributed by atoms with E-state index < -0.39 is 0 Å². The van der Waals surface area contributed by atoms with Crippen LogP contribution >= 0.6 is 0 Å². The van der Waals surface area contributed by atoms with Crippen molar-refractivity contribution in [3.63, 3.8) is 0 Å². The molecule has 68 valence electrons. The standard InChI is InChI=1S/C9H15NO2/c1-2-12-8(11)9-5-3-7(9)4-6-10-9/h7,10H,2-6H2,1H3. The lowest BCUT2D eigenvalue weighted by molar-refractivity contribution is -0.157. The van der Waals surface area contributed by atoms with Crippen LogP contribution in [0.2, 0.25) is 0 Å². The molecule has 0 aromatic heterocycles. The first kappa shape index (κ1) is 8.05. The molecule has 1 heterocycles. The van der Waals surface area contributed by atoms with Gasteiger partial charge in [0, 0.05) is 0 Å². The maximum Gasteiger partial charge on any atom is 0.326 e. The van der Waals surface area contributed by atoms with Crippen molar-refractivity contribution in [2.24, 2.45) is 5.92 Å². The van der Waals surface area contributed by atoms with Gasteiger partial charge < -0.3 is 10.1 Å². The summed E-state index contributed by atoms with van der Waals surface area (Å²) in [6.45, 7) is 3.33. The largest absolute Gasteiger partial charge is 0.465 e. The van der Waals surface area contributed by atoms with E-state index >= 15 is 0 Å². The fourth-order valence-electron chi connectivity index (χ4n) is 2.33. The van der Waals surface area contributed by atoms with Gasteiger partial charge in [-0.1, -0.05) is 0 Å². The number of nitrogens with one attached hydrogen (secondary N) is 1. The Hall–Kier alpha value is -0.570. The number of ether oxygens (including phenoxy) is 1. The van der Waals surface area contributed by atoms with Crippen LogP contribution in [0.1, 0.15) is 26.2 Å². The normalized spacial score (nSPS) is 38.6. The Labute approximate surface area is 72.5 Å². The molecule has 0 bridgehead atoms. The molecule has 1 aliphatic heterocycles. The second-order valence-electron chi connectivity index (χ2n) is 3.64. The summed E-state index contributed by atoms with van der Waals surface area (Å²) in [5.74, 6) is 0.523. The fourth-order valence-corrected chi connectivity index (χ4v) is 2.33. The molecule has 3 nitrogen and oxygen atoms in total. The summed E-state index contributed by atoms with van der Waals surface area (Å²) in [7, 11) is 0. The molecular weight excluding hydrogens is 154 g/mol. The predicted octanol–water partition coefficient (Wildman–Crippen LogP) is 0.692. The smallest absolute Gasteiger partial charge is 0.326 e. The van der Waals surface area contributed by atoms with Crippen LogP contribution < -0.4 is 5.32 Å². The van der Waals surface area contributed by atoms with Crippen LogP contribution in [0.4, 0.5) is 0 Å². The molecular formula is C9H15NO2. The van der Waals surface area contributed by atoms with Crippen LogP contribution in [-0.4, -0.2) is 24.7 Å². The van der Waals surface area contributed by atoms with Crippen molar-refractivity contribution >= 4 is 5.97 Å². The average molecular weight is 169 g/mol. The van der Waals surface area contributed by atoms with E-state index in [-0.39, 0.29) is 11.5 Å². The Kier molecular flexibility index (Phi) is 1.83. The molecule has 1 saturated carbocycles. The first-order valence-corrected chi connectivity index (χ1v) is 4.72. The van der Waals surface area contributed by atoms with Gasteiger partial charge in [-0.3, -0.25) is 4.79 Å². The van der Waals surface area contributed by atoms with Gasteiger partial charge in [0.2, 0.25) is 0 Å². The third kappa shape index (κ3) is 0.891. The van der Waals surface area contributed by atoms with Gasteiger partial charge in [-0.05, 0) is 38.6 Å². The minimum absolute atomic E-state index is 0.0289. The molecule has 0 aromatic carbocycles. The number of hydrogen-bond donors (Lipinski definition) is 1. The number of rotatable bonds is 2. The summed E-state index contributed by atoms with van der Waals surface area (Å²) in [5.41, 5.74) is -0.268. The number of carbonyl (C=O) groups is 1. The molecule has 1 saturated heterocycles. The summed E-state index contributed by atoms with van der Waals surface area (Å²) in [5, 5.41) is 3.28. The maximum atomic E-state index is 11.5.